The van der Waals surface area contributed by atoms with Crippen molar-refractivity contribution in [1.82, 2.24) is 4.90 Å². The molecule has 0 bridgehead atoms. The van der Waals surface area contributed by atoms with Gasteiger partial charge in [-0.15, -0.1) is 11.8 Å². The molecular formula is C19H22FNO2S. The van der Waals surface area contributed by atoms with Crippen LogP contribution in [0.1, 0.15) is 12.5 Å². The molecule has 2 aromatic carbocycles. The van der Waals surface area contributed by atoms with E-state index >= 15 is 0 Å². The molecule has 24 heavy (non-hydrogen) atoms. The van der Waals surface area contributed by atoms with Gasteiger partial charge in [0.2, 0.25) is 0 Å². The Bertz CT molecular complexity index is 681. The monoisotopic (exact) mass is 347 g/mol. The van der Waals surface area contributed by atoms with Crippen molar-refractivity contribution in [3.05, 3.63) is 53.8 Å². The lowest BCUT2D eigenvalue weighted by molar-refractivity contribution is 0.0533. The van der Waals surface area contributed by atoms with Gasteiger partial charge in [-0.25, -0.2) is 4.39 Å². The Labute approximate surface area is 146 Å². The maximum Gasteiger partial charge on any atom is 0.198 e. The number of rotatable bonds is 6. The third kappa shape index (κ3) is 3.84. The average Bonchev–Trinajstić information content (AvgIpc) is 2.63. The molecule has 1 heterocycles. The van der Waals surface area contributed by atoms with Gasteiger partial charge in [0, 0.05) is 18.0 Å². The zero-order chi connectivity index (χ0) is 16.9. The summed E-state index contributed by atoms with van der Waals surface area (Å²) in [5.41, 5.74) is 1.26. The summed E-state index contributed by atoms with van der Waals surface area (Å²) in [6.07, 6.45) is 1.68. The summed E-state index contributed by atoms with van der Waals surface area (Å²) < 4.78 is 26.1. The van der Waals surface area contributed by atoms with Gasteiger partial charge in [0.1, 0.15) is 12.7 Å². The molecule has 0 saturated carbocycles. The lowest BCUT2D eigenvalue weighted by Gasteiger charge is -2.31. The molecule has 0 fully saturated rings. The van der Waals surface area contributed by atoms with E-state index in [1.165, 1.54) is 17.3 Å². The first kappa shape index (κ1) is 17.1. The van der Waals surface area contributed by atoms with E-state index in [9.17, 15) is 4.39 Å². The summed E-state index contributed by atoms with van der Waals surface area (Å²) in [4.78, 5) is 2.86. The first-order chi connectivity index (χ1) is 11.7. The lowest BCUT2D eigenvalue weighted by Crippen LogP contribution is -2.41. The highest BCUT2D eigenvalue weighted by molar-refractivity contribution is 7.98. The molecule has 5 heteroatoms. The number of likely N-dealkylation sites (N-methyl/N-ethyl adjacent to an activating group) is 1. The highest BCUT2D eigenvalue weighted by Gasteiger charge is 2.27. The number of nitrogens with zero attached hydrogens (tertiary/aromatic N) is 1. The van der Waals surface area contributed by atoms with Crippen LogP contribution < -0.4 is 9.47 Å². The Balaban J connectivity index is 1.68. The molecule has 128 valence electrons. The maximum absolute atomic E-state index is 14.5. The van der Waals surface area contributed by atoms with Gasteiger partial charge < -0.3 is 9.47 Å². The molecular weight excluding hydrogens is 325 g/mol. The summed E-state index contributed by atoms with van der Waals surface area (Å²) in [6, 6.07) is 13.8. The number of hydrogen-bond acceptors (Lipinski definition) is 4. The van der Waals surface area contributed by atoms with Gasteiger partial charge >= 0.3 is 0 Å². The molecule has 0 amide bonds. The molecule has 3 nitrogen and oxygen atoms in total. The van der Waals surface area contributed by atoms with Crippen LogP contribution in [-0.2, 0) is 6.54 Å². The predicted molar refractivity (Wildman–Crippen MR) is 95.5 cm³/mol. The molecule has 1 atom stereocenters. The SMILES string of the molecule is CCN(Cc1ccccc1)C[C@H]1COc2ccc(SC)c(F)c2O1. The minimum absolute atomic E-state index is 0.173. The summed E-state index contributed by atoms with van der Waals surface area (Å²) in [5, 5.41) is 0. The van der Waals surface area contributed by atoms with E-state index in [2.05, 4.69) is 24.0 Å². The van der Waals surface area contributed by atoms with Gasteiger partial charge in [-0.1, -0.05) is 37.3 Å². The van der Waals surface area contributed by atoms with Crippen molar-refractivity contribution in [3.63, 3.8) is 0 Å². The second-order valence-electron chi connectivity index (χ2n) is 5.77. The van der Waals surface area contributed by atoms with Crippen molar-refractivity contribution >= 4 is 11.8 Å². The molecule has 0 saturated heterocycles. The molecule has 0 spiro atoms. The number of hydrogen-bond donors (Lipinski definition) is 0. The number of fused-ring (bicyclic) bond motifs is 1. The Morgan fingerprint density at radius 1 is 1.21 bits per heavy atom. The minimum atomic E-state index is -0.323. The summed E-state index contributed by atoms with van der Waals surface area (Å²) in [5.74, 6) is 0.414. The fraction of sp³-hybridized carbons (Fsp3) is 0.368. The first-order valence-electron chi connectivity index (χ1n) is 8.13. The third-order valence-corrected chi connectivity index (χ3v) is 4.87. The van der Waals surface area contributed by atoms with E-state index in [4.69, 9.17) is 9.47 Å². The fourth-order valence-corrected chi connectivity index (χ4v) is 3.29. The predicted octanol–water partition coefficient (Wildman–Crippen LogP) is 4.21. The van der Waals surface area contributed by atoms with E-state index in [1.807, 2.05) is 24.5 Å². The van der Waals surface area contributed by atoms with Crippen LogP contribution in [0.5, 0.6) is 11.5 Å². The van der Waals surface area contributed by atoms with Crippen LogP contribution in [0.4, 0.5) is 4.39 Å². The second kappa shape index (κ2) is 7.90. The van der Waals surface area contributed by atoms with Crippen molar-refractivity contribution in [2.24, 2.45) is 0 Å². The second-order valence-corrected chi connectivity index (χ2v) is 6.62. The average molecular weight is 347 g/mol. The van der Waals surface area contributed by atoms with Gasteiger partial charge in [-0.05, 0) is 30.5 Å². The largest absolute Gasteiger partial charge is 0.486 e. The molecule has 0 aliphatic carbocycles. The molecule has 1 aliphatic heterocycles. The van der Waals surface area contributed by atoms with Crippen molar-refractivity contribution in [3.8, 4) is 11.5 Å². The smallest absolute Gasteiger partial charge is 0.198 e. The van der Waals surface area contributed by atoms with Crippen molar-refractivity contribution in [2.45, 2.75) is 24.5 Å². The zero-order valence-corrected chi connectivity index (χ0v) is 14.8. The Kier molecular flexibility index (Phi) is 5.63. The van der Waals surface area contributed by atoms with E-state index in [-0.39, 0.29) is 17.7 Å². The minimum Gasteiger partial charge on any atom is -0.486 e. The Hall–Kier alpha value is -1.72. The number of benzene rings is 2. The zero-order valence-electron chi connectivity index (χ0n) is 14.0. The van der Waals surface area contributed by atoms with E-state index in [0.29, 0.717) is 23.8 Å². The highest BCUT2D eigenvalue weighted by Crippen LogP contribution is 2.38. The molecule has 0 unspecified atom stereocenters. The summed E-state index contributed by atoms with van der Waals surface area (Å²) in [6.45, 7) is 5.00. The van der Waals surface area contributed by atoms with E-state index in [0.717, 1.165) is 13.1 Å². The van der Waals surface area contributed by atoms with Crippen LogP contribution in [0.15, 0.2) is 47.4 Å². The Morgan fingerprint density at radius 2 is 2.00 bits per heavy atom. The normalized spacial score (nSPS) is 16.4. The number of thioether (sulfide) groups is 1. The lowest BCUT2D eigenvalue weighted by atomic mass is 10.2. The molecule has 1 aliphatic rings. The molecule has 2 aromatic rings. The van der Waals surface area contributed by atoms with Crippen LogP contribution in [0.25, 0.3) is 0 Å². The van der Waals surface area contributed by atoms with Gasteiger partial charge in [0.05, 0.1) is 0 Å². The number of halogens is 1. The number of ether oxygens (including phenoxy) is 2. The topological polar surface area (TPSA) is 21.7 Å². The van der Waals surface area contributed by atoms with E-state index in [1.54, 1.807) is 12.1 Å². The van der Waals surface area contributed by atoms with Crippen LogP contribution in [0.3, 0.4) is 0 Å². The highest BCUT2D eigenvalue weighted by atomic mass is 32.2. The standard InChI is InChI=1S/C19H22FNO2S/c1-3-21(11-14-7-5-4-6-8-14)12-15-13-22-16-9-10-17(24-2)18(20)19(16)23-15/h4-10,15H,3,11-13H2,1-2H3/t15-/m0/s1. The Morgan fingerprint density at radius 3 is 2.71 bits per heavy atom. The van der Waals surface area contributed by atoms with Crippen molar-refractivity contribution in [1.29, 1.82) is 0 Å². The quantitative estimate of drug-likeness (QED) is 0.730. The summed E-state index contributed by atoms with van der Waals surface area (Å²) in [7, 11) is 0. The summed E-state index contributed by atoms with van der Waals surface area (Å²) >= 11 is 1.37. The van der Waals surface area contributed by atoms with Crippen molar-refractivity contribution < 1.29 is 13.9 Å². The van der Waals surface area contributed by atoms with Crippen molar-refractivity contribution in [2.75, 3.05) is 26.0 Å². The molecule has 0 radical (unpaired) electrons. The van der Waals surface area contributed by atoms with Gasteiger partial charge in [0.15, 0.2) is 17.3 Å². The maximum atomic E-state index is 14.5. The molecule has 0 N–H and O–H groups in total. The van der Waals surface area contributed by atoms with Crippen LogP contribution in [-0.4, -0.2) is 37.0 Å². The van der Waals surface area contributed by atoms with Gasteiger partial charge in [-0.2, -0.15) is 0 Å². The van der Waals surface area contributed by atoms with Crippen LogP contribution >= 0.6 is 11.8 Å². The first-order valence-corrected chi connectivity index (χ1v) is 9.36. The van der Waals surface area contributed by atoms with Crippen LogP contribution in [0.2, 0.25) is 0 Å². The fourth-order valence-electron chi connectivity index (χ4n) is 2.81. The molecule has 0 aromatic heterocycles. The van der Waals surface area contributed by atoms with Crippen LogP contribution in [0, 0.1) is 5.82 Å². The molecule has 3 rings (SSSR count). The van der Waals surface area contributed by atoms with Gasteiger partial charge in [0.25, 0.3) is 0 Å². The van der Waals surface area contributed by atoms with E-state index < -0.39 is 0 Å². The third-order valence-electron chi connectivity index (χ3n) is 4.11. The van der Waals surface area contributed by atoms with Gasteiger partial charge in [-0.3, -0.25) is 4.90 Å².